The van der Waals surface area contributed by atoms with Gasteiger partial charge in [0.25, 0.3) is 0 Å². The van der Waals surface area contributed by atoms with Gasteiger partial charge >= 0.3 is 18.0 Å². The number of rotatable bonds is 2. The second-order valence-electron chi connectivity index (χ2n) is 3.57. The Balaban J connectivity index is 3.03. The van der Waals surface area contributed by atoms with Crippen molar-refractivity contribution in [3.8, 4) is 0 Å². The van der Waals surface area contributed by atoms with Crippen LogP contribution < -0.4 is 11.1 Å². The third kappa shape index (κ3) is 2.52. The van der Waals surface area contributed by atoms with Crippen molar-refractivity contribution in [3.63, 3.8) is 0 Å². The van der Waals surface area contributed by atoms with Crippen LogP contribution in [0.1, 0.15) is 5.56 Å². The Kier molecular flexibility index (Phi) is 3.50. The first-order valence-electron chi connectivity index (χ1n) is 4.68. The number of carbonyl (C=O) groups is 1. The molecule has 0 heterocycles. The van der Waals surface area contributed by atoms with Crippen molar-refractivity contribution in [1.29, 1.82) is 0 Å². The molecule has 0 saturated heterocycles. The minimum absolute atomic E-state index is 0.0960. The van der Waals surface area contributed by atoms with Gasteiger partial charge in [-0.1, -0.05) is 12.1 Å². The summed E-state index contributed by atoms with van der Waals surface area (Å²) in [4.78, 5) is 10.9. The summed E-state index contributed by atoms with van der Waals surface area (Å²) in [6.07, 6.45) is -5.95. The Hall–Kier alpha value is -1.86. The first-order chi connectivity index (χ1) is 8.07. The number of alkyl halides is 5. The van der Waals surface area contributed by atoms with E-state index >= 15 is 0 Å². The van der Waals surface area contributed by atoms with Crippen LogP contribution in [0, 0.1) is 6.92 Å². The van der Waals surface area contributed by atoms with Gasteiger partial charge in [0.1, 0.15) is 0 Å². The van der Waals surface area contributed by atoms with Gasteiger partial charge in [-0.25, -0.2) is 0 Å². The predicted octanol–water partition coefficient (Wildman–Crippen LogP) is 2.71. The molecule has 1 amide bonds. The van der Waals surface area contributed by atoms with Crippen molar-refractivity contribution < 1.29 is 26.7 Å². The normalized spacial score (nSPS) is 12.3. The number of nitrogens with two attached hydrogens (primary N) is 1. The summed E-state index contributed by atoms with van der Waals surface area (Å²) in [7, 11) is 0. The van der Waals surface area contributed by atoms with Gasteiger partial charge < -0.3 is 11.1 Å². The Morgan fingerprint density at radius 3 is 2.22 bits per heavy atom. The fourth-order valence-corrected chi connectivity index (χ4v) is 1.18. The standard InChI is InChI=1S/C10H9F5N2O/c1-5-3-2-4-6(16)7(5)17-8(18)9(11,12)10(13,14)15/h2-4H,16H2,1H3,(H,17,18). The van der Waals surface area contributed by atoms with Gasteiger partial charge in [0.2, 0.25) is 0 Å². The van der Waals surface area contributed by atoms with E-state index in [1.54, 1.807) is 0 Å². The SMILES string of the molecule is Cc1cccc(N)c1NC(=O)C(F)(F)C(F)(F)F. The highest BCUT2D eigenvalue weighted by Crippen LogP contribution is 2.37. The molecule has 0 spiro atoms. The highest BCUT2D eigenvalue weighted by molar-refractivity contribution is 5.99. The first kappa shape index (κ1) is 14.2. The number of benzene rings is 1. The van der Waals surface area contributed by atoms with Gasteiger partial charge in [-0.15, -0.1) is 0 Å². The molecule has 3 nitrogen and oxygen atoms in total. The number of hydrogen-bond acceptors (Lipinski definition) is 2. The third-order valence-corrected chi connectivity index (χ3v) is 2.18. The van der Waals surface area contributed by atoms with E-state index in [4.69, 9.17) is 5.73 Å². The van der Waals surface area contributed by atoms with Crippen LogP contribution >= 0.6 is 0 Å². The average molecular weight is 268 g/mol. The molecule has 3 N–H and O–H groups in total. The molecule has 0 radical (unpaired) electrons. The first-order valence-corrected chi connectivity index (χ1v) is 4.68. The number of halogens is 5. The molecule has 1 rings (SSSR count). The molecule has 0 aliphatic heterocycles. The Morgan fingerprint density at radius 2 is 1.78 bits per heavy atom. The molecule has 0 aromatic heterocycles. The van der Waals surface area contributed by atoms with E-state index in [0.29, 0.717) is 0 Å². The van der Waals surface area contributed by atoms with E-state index in [9.17, 15) is 26.7 Å². The molecule has 100 valence electrons. The number of para-hydroxylation sites is 1. The van der Waals surface area contributed by atoms with Crippen LogP contribution in [0.2, 0.25) is 0 Å². The van der Waals surface area contributed by atoms with Crippen molar-refractivity contribution in [2.75, 3.05) is 11.1 Å². The zero-order valence-electron chi connectivity index (χ0n) is 9.11. The lowest BCUT2D eigenvalue weighted by atomic mass is 10.1. The summed E-state index contributed by atoms with van der Waals surface area (Å²) in [5, 5.41) is 1.49. The molecule has 1 aromatic rings. The van der Waals surface area contributed by atoms with Crippen molar-refractivity contribution in [2.24, 2.45) is 0 Å². The summed E-state index contributed by atoms with van der Waals surface area (Å²) in [5.41, 5.74) is 5.31. The van der Waals surface area contributed by atoms with Gasteiger partial charge in [0.05, 0.1) is 11.4 Å². The van der Waals surface area contributed by atoms with Gasteiger partial charge in [-0.2, -0.15) is 22.0 Å². The second kappa shape index (κ2) is 4.43. The minimum atomic E-state index is -5.95. The molecule has 0 atom stereocenters. The number of amides is 1. The Bertz CT molecular complexity index is 450. The van der Waals surface area contributed by atoms with Crippen molar-refractivity contribution in [1.82, 2.24) is 0 Å². The number of aryl methyl sites for hydroxylation is 1. The van der Waals surface area contributed by atoms with E-state index in [0.717, 1.165) is 0 Å². The summed E-state index contributed by atoms with van der Waals surface area (Å²) >= 11 is 0. The van der Waals surface area contributed by atoms with Gasteiger partial charge in [-0.3, -0.25) is 4.79 Å². The van der Waals surface area contributed by atoms with Crippen LogP contribution in [0.5, 0.6) is 0 Å². The van der Waals surface area contributed by atoms with E-state index < -0.39 is 18.0 Å². The monoisotopic (exact) mass is 268 g/mol. The van der Waals surface area contributed by atoms with E-state index in [1.165, 1.54) is 30.4 Å². The summed E-state index contributed by atoms with van der Waals surface area (Å²) in [5.74, 6) is -7.93. The molecule has 1 aromatic carbocycles. The number of hydrogen-bond donors (Lipinski definition) is 2. The quantitative estimate of drug-likeness (QED) is 0.640. The molecule has 0 bridgehead atoms. The highest BCUT2D eigenvalue weighted by atomic mass is 19.4. The zero-order chi connectivity index (χ0) is 14.1. The predicted molar refractivity (Wildman–Crippen MR) is 55.2 cm³/mol. The number of anilines is 2. The Morgan fingerprint density at radius 1 is 1.22 bits per heavy atom. The molecule has 0 aliphatic carbocycles. The van der Waals surface area contributed by atoms with Crippen LogP contribution in [0.4, 0.5) is 33.3 Å². The number of carbonyl (C=O) groups excluding carboxylic acids is 1. The summed E-state index contributed by atoms with van der Waals surface area (Å²) in [6, 6.07) is 4.16. The topological polar surface area (TPSA) is 55.1 Å². The average Bonchev–Trinajstić information content (AvgIpc) is 2.21. The maximum Gasteiger partial charge on any atom is 0.463 e. The second-order valence-corrected chi connectivity index (χ2v) is 3.57. The largest absolute Gasteiger partial charge is 0.463 e. The molecule has 0 fully saturated rings. The molecule has 0 unspecified atom stereocenters. The van der Waals surface area contributed by atoms with Gasteiger partial charge in [0, 0.05) is 0 Å². The lowest BCUT2D eigenvalue weighted by molar-refractivity contribution is -0.267. The summed E-state index contributed by atoms with van der Waals surface area (Å²) in [6.45, 7) is 1.41. The highest BCUT2D eigenvalue weighted by Gasteiger charge is 2.63. The molecule has 8 heteroatoms. The van der Waals surface area contributed by atoms with Crippen molar-refractivity contribution in [3.05, 3.63) is 23.8 Å². The fraction of sp³-hybridized carbons (Fsp3) is 0.300. The van der Waals surface area contributed by atoms with Gasteiger partial charge in [-0.05, 0) is 18.6 Å². The fourth-order valence-electron chi connectivity index (χ4n) is 1.18. The molecule has 18 heavy (non-hydrogen) atoms. The van der Waals surface area contributed by atoms with E-state index in [2.05, 4.69) is 0 Å². The van der Waals surface area contributed by atoms with Crippen LogP contribution in [-0.2, 0) is 4.79 Å². The number of nitrogen functional groups attached to an aromatic ring is 1. The summed E-state index contributed by atoms with van der Waals surface area (Å²) < 4.78 is 61.2. The maximum absolute atomic E-state index is 12.7. The van der Waals surface area contributed by atoms with Gasteiger partial charge in [0.15, 0.2) is 0 Å². The van der Waals surface area contributed by atoms with Crippen LogP contribution in [0.15, 0.2) is 18.2 Å². The molecule has 0 saturated carbocycles. The Labute approximate surface area is 98.8 Å². The zero-order valence-corrected chi connectivity index (χ0v) is 9.11. The lowest BCUT2D eigenvalue weighted by Gasteiger charge is -2.20. The van der Waals surface area contributed by atoms with Crippen LogP contribution in [0.25, 0.3) is 0 Å². The minimum Gasteiger partial charge on any atom is -0.397 e. The molecule has 0 aliphatic rings. The van der Waals surface area contributed by atoms with Crippen molar-refractivity contribution >= 4 is 17.3 Å². The molecular formula is C10H9F5N2O. The van der Waals surface area contributed by atoms with E-state index in [-0.39, 0.29) is 16.9 Å². The van der Waals surface area contributed by atoms with Crippen LogP contribution in [-0.4, -0.2) is 18.0 Å². The molecular weight excluding hydrogens is 259 g/mol. The maximum atomic E-state index is 12.7. The van der Waals surface area contributed by atoms with Crippen molar-refractivity contribution in [2.45, 2.75) is 19.0 Å². The smallest absolute Gasteiger partial charge is 0.397 e. The van der Waals surface area contributed by atoms with E-state index in [1.807, 2.05) is 0 Å². The van der Waals surface area contributed by atoms with Crippen LogP contribution in [0.3, 0.4) is 0 Å². The third-order valence-electron chi connectivity index (χ3n) is 2.18. The lowest BCUT2D eigenvalue weighted by Crippen LogP contribution is -2.47. The number of nitrogens with one attached hydrogen (secondary N) is 1.